The second-order valence-electron chi connectivity index (χ2n) is 8.49. The van der Waals surface area contributed by atoms with E-state index in [4.69, 9.17) is 33.2 Å². The zero-order chi connectivity index (χ0) is 30.6. The summed E-state index contributed by atoms with van der Waals surface area (Å²) in [5.74, 6) is -8.07. The highest BCUT2D eigenvalue weighted by molar-refractivity contribution is 5.82. The Labute approximate surface area is 229 Å². The van der Waals surface area contributed by atoms with Crippen LogP contribution < -0.4 is 10.6 Å². The van der Waals surface area contributed by atoms with Gasteiger partial charge in [-0.25, -0.2) is 9.59 Å². The summed E-state index contributed by atoms with van der Waals surface area (Å²) in [5.41, 5.74) is 0. The molecule has 1 fully saturated rings. The smallest absolute Gasteiger partial charge is 0.410 e. The van der Waals surface area contributed by atoms with E-state index in [2.05, 4.69) is 17.2 Å². The number of alkyl carbamates (subject to hydrolysis) is 1. The van der Waals surface area contributed by atoms with E-state index in [9.17, 15) is 33.6 Å². The number of carbonyl (C=O) groups excluding carboxylic acids is 7. The van der Waals surface area contributed by atoms with Crippen molar-refractivity contribution in [3.63, 3.8) is 0 Å². The molecule has 1 aliphatic rings. The topological polar surface area (TPSA) is 208 Å². The number of methoxy groups -OCH3 is 1. The molecule has 0 aromatic heterocycles. The number of rotatable bonds is 12. The van der Waals surface area contributed by atoms with Gasteiger partial charge in [-0.05, 0) is 0 Å². The third kappa shape index (κ3) is 10.2. The lowest BCUT2D eigenvalue weighted by atomic mass is 9.88. The van der Waals surface area contributed by atoms with E-state index in [1.807, 2.05) is 0 Å². The fourth-order valence-electron chi connectivity index (χ4n) is 3.84. The Hall–Kier alpha value is -4.21. The summed E-state index contributed by atoms with van der Waals surface area (Å²) in [7, 11) is 0.958. The van der Waals surface area contributed by atoms with Crippen LogP contribution in [-0.2, 0) is 61.9 Å². The number of carbonyl (C=O) groups is 7. The number of nitrogens with one attached hydrogen (secondary N) is 2. The molecule has 224 valence electrons. The van der Waals surface area contributed by atoms with E-state index in [0.29, 0.717) is 0 Å². The fourth-order valence-corrected chi connectivity index (χ4v) is 3.84. The quantitative estimate of drug-likeness (QED) is 0.170. The molecule has 6 atom stereocenters. The van der Waals surface area contributed by atoms with Crippen LogP contribution in [0.25, 0.3) is 0 Å². The van der Waals surface area contributed by atoms with Crippen LogP contribution in [0.1, 0.15) is 41.0 Å². The van der Waals surface area contributed by atoms with Crippen LogP contribution in [0.5, 0.6) is 0 Å². The molecule has 2 amide bonds. The van der Waals surface area contributed by atoms with Crippen LogP contribution in [-0.4, -0.2) is 98.4 Å². The Balaban J connectivity index is 3.85. The van der Waals surface area contributed by atoms with Gasteiger partial charge in [0.2, 0.25) is 5.91 Å². The van der Waals surface area contributed by atoms with Gasteiger partial charge < -0.3 is 43.8 Å². The Kier molecular flexibility index (Phi) is 13.0. The van der Waals surface area contributed by atoms with Gasteiger partial charge in [-0.15, -0.1) is 6.58 Å². The molecular formula is C24H34N2O14. The molecule has 1 saturated heterocycles. The van der Waals surface area contributed by atoms with E-state index in [0.717, 1.165) is 41.7 Å². The second kappa shape index (κ2) is 15.4. The maximum Gasteiger partial charge on any atom is 0.410 e. The summed E-state index contributed by atoms with van der Waals surface area (Å²) in [6.45, 7) is 7.95. The average molecular weight is 575 g/mol. The van der Waals surface area contributed by atoms with Crippen molar-refractivity contribution in [3.8, 4) is 0 Å². The molecule has 0 saturated carbocycles. The Morgan fingerprint density at radius 2 is 1.60 bits per heavy atom. The molecule has 0 aromatic rings. The molecule has 2 N–H and O–H groups in total. The van der Waals surface area contributed by atoms with Crippen molar-refractivity contribution in [1.82, 2.24) is 10.6 Å². The van der Waals surface area contributed by atoms with Crippen molar-refractivity contribution in [1.29, 1.82) is 0 Å². The first-order valence-electron chi connectivity index (χ1n) is 11.9. The predicted octanol–water partition coefficient (Wildman–Crippen LogP) is -0.580. The Morgan fingerprint density at radius 1 is 0.975 bits per heavy atom. The molecule has 16 heteroatoms. The van der Waals surface area contributed by atoms with E-state index < -0.39 is 91.1 Å². The van der Waals surface area contributed by atoms with E-state index in [-0.39, 0.29) is 6.54 Å². The molecule has 40 heavy (non-hydrogen) atoms. The highest BCUT2D eigenvalue weighted by Crippen LogP contribution is 2.37. The Morgan fingerprint density at radius 3 is 2.08 bits per heavy atom. The van der Waals surface area contributed by atoms with Crippen LogP contribution in [0.2, 0.25) is 0 Å². The molecule has 0 aliphatic carbocycles. The van der Waals surface area contributed by atoms with Crippen molar-refractivity contribution in [2.75, 3.05) is 20.3 Å². The minimum Gasteiger partial charge on any atom is -0.464 e. The van der Waals surface area contributed by atoms with Gasteiger partial charge in [0.05, 0.1) is 19.6 Å². The third-order valence-electron chi connectivity index (χ3n) is 5.14. The molecule has 0 spiro atoms. The van der Waals surface area contributed by atoms with Crippen LogP contribution in [0.15, 0.2) is 12.7 Å². The largest absolute Gasteiger partial charge is 0.464 e. The van der Waals surface area contributed by atoms with Gasteiger partial charge >= 0.3 is 41.7 Å². The zero-order valence-corrected chi connectivity index (χ0v) is 23.0. The standard InChI is InChI=1S/C24H34N2O14/c1-8-9-25-23(33)40-24(22(32)34-7)10-17(36-14(4)29)19(26-12(2)27)21(39-24)20(38-16(6)31)18(37-15(5)30)11-35-13(3)28/h8,17-21H,1,9-11H2,2-7H3,(H,25,33)(H,26,27)/t17-,18-,19-,20-,21-,24+/m0/s1. The zero-order valence-electron chi connectivity index (χ0n) is 23.0. The second-order valence-corrected chi connectivity index (χ2v) is 8.49. The number of hydrogen-bond donors (Lipinski definition) is 2. The minimum atomic E-state index is -2.64. The summed E-state index contributed by atoms with van der Waals surface area (Å²) in [4.78, 5) is 85.4. The lowest BCUT2D eigenvalue weighted by molar-refractivity contribution is -0.297. The average Bonchev–Trinajstić information content (AvgIpc) is 2.83. The number of hydrogen-bond acceptors (Lipinski definition) is 14. The Bertz CT molecular complexity index is 998. The normalized spacial score (nSPS) is 23.2. The van der Waals surface area contributed by atoms with Crippen molar-refractivity contribution in [3.05, 3.63) is 12.7 Å². The third-order valence-corrected chi connectivity index (χ3v) is 5.14. The van der Waals surface area contributed by atoms with Crippen molar-refractivity contribution in [2.45, 2.75) is 77.3 Å². The minimum absolute atomic E-state index is 0.0750. The first-order valence-corrected chi connectivity index (χ1v) is 11.9. The van der Waals surface area contributed by atoms with Crippen LogP contribution in [0, 0.1) is 0 Å². The van der Waals surface area contributed by atoms with Crippen molar-refractivity contribution in [2.24, 2.45) is 0 Å². The van der Waals surface area contributed by atoms with E-state index in [1.54, 1.807) is 0 Å². The molecule has 0 bridgehead atoms. The molecule has 1 rings (SSSR count). The van der Waals surface area contributed by atoms with Crippen LogP contribution in [0.4, 0.5) is 4.79 Å². The molecule has 0 aromatic carbocycles. The highest BCUT2D eigenvalue weighted by atomic mass is 16.8. The van der Waals surface area contributed by atoms with Gasteiger partial charge in [0.25, 0.3) is 0 Å². The maximum atomic E-state index is 13.0. The van der Waals surface area contributed by atoms with Gasteiger partial charge in [-0.2, -0.15) is 0 Å². The molecule has 1 heterocycles. The number of ether oxygens (including phenoxy) is 7. The van der Waals surface area contributed by atoms with Gasteiger partial charge in [0, 0.05) is 41.2 Å². The number of esters is 5. The van der Waals surface area contributed by atoms with E-state index in [1.165, 1.54) is 6.08 Å². The van der Waals surface area contributed by atoms with Crippen LogP contribution in [0.3, 0.4) is 0 Å². The summed E-state index contributed by atoms with van der Waals surface area (Å²) < 4.78 is 37.0. The lowest BCUT2D eigenvalue weighted by Gasteiger charge is -2.48. The first-order chi connectivity index (χ1) is 18.6. The van der Waals surface area contributed by atoms with Gasteiger partial charge in [-0.3, -0.25) is 24.0 Å². The van der Waals surface area contributed by atoms with Crippen LogP contribution >= 0.6 is 0 Å². The summed E-state index contributed by atoms with van der Waals surface area (Å²) in [5, 5.41) is 4.78. The molecule has 16 nitrogen and oxygen atoms in total. The first kappa shape index (κ1) is 33.8. The van der Waals surface area contributed by atoms with Crippen molar-refractivity contribution < 1.29 is 66.7 Å². The number of amides is 2. The summed E-state index contributed by atoms with van der Waals surface area (Å²) in [6.07, 6.45) is -7.05. The lowest BCUT2D eigenvalue weighted by Crippen LogP contribution is -2.69. The summed E-state index contributed by atoms with van der Waals surface area (Å²) >= 11 is 0. The highest BCUT2D eigenvalue weighted by Gasteiger charge is 2.60. The predicted molar refractivity (Wildman–Crippen MR) is 130 cm³/mol. The fraction of sp³-hybridized carbons (Fsp3) is 0.625. The SMILES string of the molecule is C=CCNC(=O)O[C@@]1(C(=O)OC)C[C@H](OC(C)=O)[C@H](NC(C)=O)[C@@H]([C@@H](OC(C)=O)[C@H](COC(C)=O)OC(C)=O)O1. The molecular weight excluding hydrogens is 540 g/mol. The molecule has 0 radical (unpaired) electrons. The van der Waals surface area contributed by atoms with Crippen molar-refractivity contribution >= 4 is 41.8 Å². The monoisotopic (exact) mass is 574 g/mol. The molecule has 1 aliphatic heterocycles. The maximum absolute atomic E-state index is 13.0. The van der Waals surface area contributed by atoms with Gasteiger partial charge in [-0.1, -0.05) is 6.08 Å². The van der Waals surface area contributed by atoms with Gasteiger partial charge in [0.1, 0.15) is 18.8 Å². The summed E-state index contributed by atoms with van der Waals surface area (Å²) in [6, 6.07) is -1.39. The van der Waals surface area contributed by atoms with E-state index >= 15 is 0 Å². The molecule has 0 unspecified atom stereocenters. The van der Waals surface area contributed by atoms with Gasteiger partial charge in [0.15, 0.2) is 12.2 Å².